The average Bonchev–Trinajstić information content (AvgIpc) is 2.48. The lowest BCUT2D eigenvalue weighted by Gasteiger charge is -2.49. The van der Waals surface area contributed by atoms with Gasteiger partial charge >= 0.3 is 5.97 Å². The van der Waals surface area contributed by atoms with Gasteiger partial charge in [0, 0.05) is 13.5 Å². The highest BCUT2D eigenvalue weighted by Gasteiger charge is 2.63. The fraction of sp³-hybridized carbons (Fsp3) is 0.467. The van der Waals surface area contributed by atoms with Crippen LogP contribution in [0.2, 0.25) is 0 Å². The van der Waals surface area contributed by atoms with Gasteiger partial charge in [0.1, 0.15) is 11.3 Å². The summed E-state index contributed by atoms with van der Waals surface area (Å²) in [4.78, 5) is 16.4. The molecule has 112 valence electrons. The number of ether oxygens (including phenoxy) is 3. The molecule has 0 spiro atoms. The van der Waals surface area contributed by atoms with Crippen LogP contribution in [-0.4, -0.2) is 35.7 Å². The van der Waals surface area contributed by atoms with E-state index < -0.39 is 23.4 Å². The molecule has 0 amide bonds. The van der Waals surface area contributed by atoms with Gasteiger partial charge in [0.25, 0.3) is 5.72 Å². The molecule has 3 atom stereocenters. The molecule has 1 fully saturated rings. The van der Waals surface area contributed by atoms with Crippen LogP contribution in [0.3, 0.4) is 0 Å². The molecule has 6 heteroatoms. The number of carbonyl (C=O) groups excluding carboxylic acids is 1. The minimum atomic E-state index is -1.50. The Morgan fingerprint density at radius 2 is 2.14 bits per heavy atom. The van der Waals surface area contributed by atoms with Crippen molar-refractivity contribution in [3.63, 3.8) is 0 Å². The molecular weight excluding hydrogens is 294 g/mol. The van der Waals surface area contributed by atoms with Gasteiger partial charge in [-0.15, -0.1) is 0 Å². The zero-order chi connectivity index (χ0) is 15.1. The van der Waals surface area contributed by atoms with E-state index in [9.17, 15) is 4.79 Å². The lowest BCUT2D eigenvalue weighted by atomic mass is 9.85. The summed E-state index contributed by atoms with van der Waals surface area (Å²) in [7, 11) is 1.40. The number of carbonyl (C=O) groups is 1. The molecule has 1 aromatic carbocycles. The molecule has 2 unspecified atom stereocenters. The van der Waals surface area contributed by atoms with E-state index in [0.717, 1.165) is 5.56 Å². The summed E-state index contributed by atoms with van der Waals surface area (Å²) in [5.41, 5.74) is -1.41. The maximum absolute atomic E-state index is 12.2. The van der Waals surface area contributed by atoms with E-state index >= 15 is 0 Å². The number of benzene rings is 1. The number of esters is 1. The SMILES string of the molecule is COC12N=C(Cl)[C@](C)(CC1OCc1ccccc1)OC2=O. The number of aliphatic imine (C=N–C) groups is 1. The first kappa shape index (κ1) is 14.5. The van der Waals surface area contributed by atoms with Gasteiger partial charge in [0.2, 0.25) is 0 Å². The number of hydrogen-bond donors (Lipinski definition) is 0. The highest BCUT2D eigenvalue weighted by molar-refractivity contribution is 6.67. The van der Waals surface area contributed by atoms with Crippen LogP contribution in [0.5, 0.6) is 0 Å². The summed E-state index contributed by atoms with van der Waals surface area (Å²) in [6.07, 6.45) is -0.113. The number of methoxy groups -OCH3 is 1. The zero-order valence-corrected chi connectivity index (χ0v) is 12.6. The van der Waals surface area contributed by atoms with Gasteiger partial charge < -0.3 is 14.2 Å². The predicted octanol–water partition coefficient (Wildman–Crippen LogP) is 2.27. The first-order valence-corrected chi connectivity index (χ1v) is 7.08. The van der Waals surface area contributed by atoms with Crippen molar-refractivity contribution in [2.24, 2.45) is 4.99 Å². The van der Waals surface area contributed by atoms with Crippen LogP contribution in [0, 0.1) is 0 Å². The van der Waals surface area contributed by atoms with E-state index in [-0.39, 0.29) is 5.17 Å². The molecule has 3 aliphatic rings. The number of hydrogen-bond acceptors (Lipinski definition) is 5. The molecule has 1 saturated heterocycles. The number of fused-ring (bicyclic) bond motifs is 2. The van der Waals surface area contributed by atoms with Crippen LogP contribution in [0.15, 0.2) is 35.3 Å². The smallest absolute Gasteiger partial charge is 0.365 e. The molecule has 1 aromatic rings. The van der Waals surface area contributed by atoms with Crippen molar-refractivity contribution in [1.29, 1.82) is 0 Å². The van der Waals surface area contributed by atoms with E-state index in [1.54, 1.807) is 6.92 Å². The standard InChI is InChI=1S/C15H16ClNO4/c1-14-8-11(20-9-10-6-4-3-5-7-10)15(19-2,13(18)21-14)17-12(14)16/h3-7,11H,8-9H2,1-2H3/t11?,14-,15?/m0/s1. The van der Waals surface area contributed by atoms with E-state index in [2.05, 4.69) is 4.99 Å². The molecule has 0 radical (unpaired) electrons. The molecule has 3 heterocycles. The van der Waals surface area contributed by atoms with E-state index in [4.69, 9.17) is 25.8 Å². The normalized spacial score (nSPS) is 34.5. The van der Waals surface area contributed by atoms with E-state index in [1.165, 1.54) is 7.11 Å². The fourth-order valence-corrected chi connectivity index (χ4v) is 2.90. The van der Waals surface area contributed by atoms with Crippen molar-refractivity contribution in [3.8, 4) is 0 Å². The van der Waals surface area contributed by atoms with Gasteiger partial charge in [0.15, 0.2) is 5.60 Å². The third kappa shape index (κ3) is 2.25. The Balaban J connectivity index is 1.84. The molecule has 21 heavy (non-hydrogen) atoms. The summed E-state index contributed by atoms with van der Waals surface area (Å²) < 4.78 is 16.6. The quantitative estimate of drug-likeness (QED) is 0.801. The maximum atomic E-state index is 12.2. The average molecular weight is 310 g/mol. The Bertz CT molecular complexity index is 591. The van der Waals surface area contributed by atoms with Crippen LogP contribution < -0.4 is 0 Å². The third-order valence-corrected chi connectivity index (χ3v) is 4.41. The highest BCUT2D eigenvalue weighted by atomic mass is 35.5. The van der Waals surface area contributed by atoms with Crippen molar-refractivity contribution in [2.75, 3.05) is 7.11 Å². The van der Waals surface area contributed by atoms with Crippen LogP contribution in [-0.2, 0) is 25.6 Å². The molecule has 5 nitrogen and oxygen atoms in total. The van der Waals surface area contributed by atoms with Gasteiger partial charge in [-0.2, -0.15) is 0 Å². The molecule has 0 saturated carbocycles. The van der Waals surface area contributed by atoms with Crippen molar-refractivity contribution in [2.45, 2.75) is 37.4 Å². The summed E-state index contributed by atoms with van der Waals surface area (Å²) in [5.74, 6) is -0.554. The van der Waals surface area contributed by atoms with Crippen LogP contribution in [0.1, 0.15) is 18.9 Å². The Morgan fingerprint density at radius 3 is 2.81 bits per heavy atom. The van der Waals surface area contributed by atoms with Crippen molar-refractivity contribution in [1.82, 2.24) is 0 Å². The first-order chi connectivity index (χ1) is 10.00. The Kier molecular flexibility index (Phi) is 3.51. The largest absolute Gasteiger partial charge is 0.448 e. The Labute approximate surface area is 127 Å². The monoisotopic (exact) mass is 309 g/mol. The summed E-state index contributed by atoms with van der Waals surface area (Å²) >= 11 is 6.11. The highest BCUT2D eigenvalue weighted by Crippen LogP contribution is 2.44. The molecule has 3 aliphatic heterocycles. The van der Waals surface area contributed by atoms with Gasteiger partial charge in [-0.05, 0) is 12.5 Å². The lowest BCUT2D eigenvalue weighted by molar-refractivity contribution is -0.228. The van der Waals surface area contributed by atoms with Gasteiger partial charge in [-0.3, -0.25) is 0 Å². The molecule has 0 aromatic heterocycles. The van der Waals surface area contributed by atoms with Gasteiger partial charge in [-0.1, -0.05) is 41.9 Å². The predicted molar refractivity (Wildman–Crippen MR) is 77.2 cm³/mol. The Hall–Kier alpha value is -1.43. The van der Waals surface area contributed by atoms with Crippen molar-refractivity contribution >= 4 is 22.7 Å². The molecular formula is C15H16ClNO4. The van der Waals surface area contributed by atoms with Gasteiger partial charge in [0.05, 0.1) is 6.61 Å². The van der Waals surface area contributed by atoms with Crippen LogP contribution in [0.25, 0.3) is 0 Å². The number of halogens is 1. The minimum Gasteiger partial charge on any atom is -0.448 e. The van der Waals surface area contributed by atoms with Gasteiger partial charge in [-0.25, -0.2) is 9.79 Å². The second-order valence-corrected chi connectivity index (χ2v) is 5.77. The zero-order valence-electron chi connectivity index (χ0n) is 11.8. The van der Waals surface area contributed by atoms with Crippen LogP contribution in [0.4, 0.5) is 0 Å². The number of nitrogens with zero attached hydrogens (tertiary/aromatic N) is 1. The second kappa shape index (κ2) is 5.09. The lowest BCUT2D eigenvalue weighted by Crippen LogP contribution is -2.67. The first-order valence-electron chi connectivity index (χ1n) is 6.70. The fourth-order valence-electron chi connectivity index (χ4n) is 2.65. The van der Waals surface area contributed by atoms with E-state index in [1.807, 2.05) is 30.3 Å². The Morgan fingerprint density at radius 1 is 1.43 bits per heavy atom. The van der Waals surface area contributed by atoms with E-state index in [0.29, 0.717) is 13.0 Å². The summed E-state index contributed by atoms with van der Waals surface area (Å²) in [5, 5.41) is 0.239. The second-order valence-electron chi connectivity index (χ2n) is 5.41. The summed E-state index contributed by atoms with van der Waals surface area (Å²) in [6, 6.07) is 9.71. The third-order valence-electron chi connectivity index (χ3n) is 3.93. The maximum Gasteiger partial charge on any atom is 0.365 e. The topological polar surface area (TPSA) is 57.1 Å². The number of rotatable bonds is 4. The van der Waals surface area contributed by atoms with Crippen molar-refractivity contribution < 1.29 is 19.0 Å². The minimum absolute atomic E-state index is 0.239. The van der Waals surface area contributed by atoms with Crippen LogP contribution >= 0.6 is 11.6 Å². The molecule has 4 rings (SSSR count). The molecule has 0 aliphatic carbocycles. The molecule has 0 N–H and O–H groups in total. The summed E-state index contributed by atoms with van der Waals surface area (Å²) in [6.45, 7) is 2.10. The van der Waals surface area contributed by atoms with Crippen molar-refractivity contribution in [3.05, 3.63) is 35.9 Å². The molecule has 2 bridgehead atoms.